The van der Waals surface area contributed by atoms with Crippen molar-refractivity contribution in [3.63, 3.8) is 0 Å². The number of thioether (sulfide) groups is 1. The van der Waals surface area contributed by atoms with Gasteiger partial charge in [-0.3, -0.25) is 9.36 Å². The van der Waals surface area contributed by atoms with Crippen molar-refractivity contribution >= 4 is 40.6 Å². The maximum atomic E-state index is 13.3. The third kappa shape index (κ3) is 4.11. The first kappa shape index (κ1) is 22.0. The molecule has 1 aliphatic heterocycles. The maximum absolute atomic E-state index is 13.3. The molecular formula is C24H27ClN4OS2. The lowest BCUT2D eigenvalue weighted by molar-refractivity contribution is -0.131. The van der Waals surface area contributed by atoms with Crippen LogP contribution in [0, 0.1) is 0 Å². The third-order valence-corrected chi connectivity index (χ3v) is 8.85. The van der Waals surface area contributed by atoms with E-state index >= 15 is 0 Å². The van der Waals surface area contributed by atoms with Crippen molar-refractivity contribution < 1.29 is 4.79 Å². The van der Waals surface area contributed by atoms with Gasteiger partial charge in [0.05, 0.1) is 16.8 Å². The van der Waals surface area contributed by atoms with Crippen molar-refractivity contribution in [1.82, 2.24) is 19.7 Å². The number of nitrogens with zero attached hydrogens (tertiary/aromatic N) is 4. The summed E-state index contributed by atoms with van der Waals surface area (Å²) in [4.78, 5) is 16.8. The zero-order valence-corrected chi connectivity index (χ0v) is 20.6. The summed E-state index contributed by atoms with van der Waals surface area (Å²) in [5.41, 5.74) is 2.23. The molecule has 3 aromatic rings. The van der Waals surface area contributed by atoms with Crippen LogP contribution in [0.2, 0.25) is 5.02 Å². The number of halogens is 1. The van der Waals surface area contributed by atoms with Gasteiger partial charge in [-0.2, -0.15) is 0 Å². The molecule has 1 saturated carbocycles. The number of benzene rings is 1. The fourth-order valence-corrected chi connectivity index (χ4v) is 7.08. The van der Waals surface area contributed by atoms with Crippen molar-refractivity contribution in [1.29, 1.82) is 0 Å². The van der Waals surface area contributed by atoms with Gasteiger partial charge in [0, 0.05) is 23.0 Å². The molecule has 168 valence electrons. The first-order valence-electron chi connectivity index (χ1n) is 11.4. The summed E-state index contributed by atoms with van der Waals surface area (Å²) in [5, 5.41) is 12.7. The fraction of sp³-hybridized carbons (Fsp3) is 0.458. The molecule has 1 aromatic carbocycles. The molecule has 0 saturated heterocycles. The number of carbonyl (C=O) groups is 1. The molecule has 1 fully saturated rings. The molecule has 0 N–H and O–H groups in total. The highest BCUT2D eigenvalue weighted by Gasteiger charge is 2.31. The van der Waals surface area contributed by atoms with Gasteiger partial charge >= 0.3 is 0 Å². The summed E-state index contributed by atoms with van der Waals surface area (Å²) in [6, 6.07) is 10.5. The first-order valence-corrected chi connectivity index (χ1v) is 13.6. The largest absolute Gasteiger partial charge is 0.335 e. The molecule has 1 atom stereocenters. The van der Waals surface area contributed by atoms with Crippen molar-refractivity contribution in [3.8, 4) is 11.4 Å². The van der Waals surface area contributed by atoms with E-state index in [0.29, 0.717) is 16.8 Å². The molecule has 8 heteroatoms. The summed E-state index contributed by atoms with van der Waals surface area (Å²) in [7, 11) is 0. The summed E-state index contributed by atoms with van der Waals surface area (Å²) in [6.07, 6.45) is 6.54. The summed E-state index contributed by atoms with van der Waals surface area (Å²) >= 11 is 9.81. The third-order valence-electron chi connectivity index (χ3n) is 6.60. The number of amides is 1. The van der Waals surface area contributed by atoms with Gasteiger partial charge in [0.1, 0.15) is 0 Å². The van der Waals surface area contributed by atoms with Gasteiger partial charge < -0.3 is 4.90 Å². The number of thiophene rings is 1. The van der Waals surface area contributed by atoms with E-state index in [1.54, 1.807) is 0 Å². The molecule has 5 nitrogen and oxygen atoms in total. The van der Waals surface area contributed by atoms with Crippen LogP contribution in [0.3, 0.4) is 0 Å². The van der Waals surface area contributed by atoms with Gasteiger partial charge in [-0.25, -0.2) is 0 Å². The molecule has 0 radical (unpaired) electrons. The Hall–Kier alpha value is -1.83. The zero-order chi connectivity index (χ0) is 22.1. The minimum Gasteiger partial charge on any atom is -0.335 e. The van der Waals surface area contributed by atoms with Crippen molar-refractivity contribution in [2.75, 3.05) is 12.3 Å². The number of rotatable bonds is 6. The fourth-order valence-electron chi connectivity index (χ4n) is 5.04. The average molecular weight is 487 g/mol. The van der Waals surface area contributed by atoms with Crippen LogP contribution in [-0.2, 0) is 11.2 Å². The SMILES string of the molecule is CCC1c2ccsc2CCN1C(=O)CSc1nnc(-c2ccccc2Cl)n1C1CCCC1. The molecular weight excluding hydrogens is 460 g/mol. The highest BCUT2D eigenvalue weighted by atomic mass is 35.5. The Morgan fingerprint density at radius 3 is 2.81 bits per heavy atom. The molecule has 0 bridgehead atoms. The van der Waals surface area contributed by atoms with Crippen LogP contribution in [0.25, 0.3) is 11.4 Å². The molecule has 5 rings (SSSR count). The highest BCUT2D eigenvalue weighted by Crippen LogP contribution is 2.39. The molecule has 2 aliphatic rings. The van der Waals surface area contributed by atoms with Gasteiger partial charge in [-0.05, 0) is 54.8 Å². The Bertz CT molecular complexity index is 1110. The quantitative estimate of drug-likeness (QED) is 0.378. The minimum atomic E-state index is 0.180. The molecule has 1 aliphatic carbocycles. The van der Waals surface area contributed by atoms with Crippen molar-refractivity contribution in [3.05, 3.63) is 51.2 Å². The maximum Gasteiger partial charge on any atom is 0.233 e. The van der Waals surface area contributed by atoms with Gasteiger partial charge in [0.2, 0.25) is 5.91 Å². The number of hydrogen-bond donors (Lipinski definition) is 0. The van der Waals surface area contributed by atoms with E-state index < -0.39 is 0 Å². The van der Waals surface area contributed by atoms with E-state index in [4.69, 9.17) is 11.6 Å². The van der Waals surface area contributed by atoms with Crippen LogP contribution in [0.15, 0.2) is 40.9 Å². The number of carbonyl (C=O) groups excluding carboxylic acids is 1. The molecule has 0 spiro atoms. The van der Waals surface area contributed by atoms with E-state index in [0.717, 1.165) is 48.8 Å². The van der Waals surface area contributed by atoms with E-state index in [1.165, 1.54) is 35.0 Å². The molecule has 1 unspecified atom stereocenters. The molecule has 3 heterocycles. The monoisotopic (exact) mass is 486 g/mol. The summed E-state index contributed by atoms with van der Waals surface area (Å²) < 4.78 is 2.23. The predicted molar refractivity (Wildman–Crippen MR) is 131 cm³/mol. The Labute approximate surface area is 202 Å². The normalized spacial score (nSPS) is 18.8. The molecule has 1 amide bonds. The van der Waals surface area contributed by atoms with Crippen LogP contribution in [0.5, 0.6) is 0 Å². The second-order valence-corrected chi connectivity index (χ2v) is 10.8. The average Bonchev–Trinajstić information content (AvgIpc) is 3.57. The predicted octanol–water partition coefficient (Wildman–Crippen LogP) is 6.40. The van der Waals surface area contributed by atoms with Crippen LogP contribution in [0.4, 0.5) is 0 Å². The lowest BCUT2D eigenvalue weighted by atomic mass is 9.98. The topological polar surface area (TPSA) is 51.0 Å². The lowest BCUT2D eigenvalue weighted by Gasteiger charge is -2.35. The Morgan fingerprint density at radius 1 is 1.22 bits per heavy atom. The van der Waals surface area contributed by atoms with Crippen molar-refractivity contribution in [2.24, 2.45) is 0 Å². The highest BCUT2D eigenvalue weighted by molar-refractivity contribution is 7.99. The van der Waals surface area contributed by atoms with Crippen LogP contribution in [-0.4, -0.2) is 37.9 Å². The Balaban J connectivity index is 1.38. The van der Waals surface area contributed by atoms with Crippen LogP contribution >= 0.6 is 34.7 Å². The summed E-state index contributed by atoms with van der Waals surface area (Å²) in [6.45, 7) is 2.96. The van der Waals surface area contributed by atoms with E-state index in [-0.39, 0.29) is 11.9 Å². The van der Waals surface area contributed by atoms with Gasteiger partial charge in [0.15, 0.2) is 11.0 Å². The summed E-state index contributed by atoms with van der Waals surface area (Å²) in [5.74, 6) is 1.37. The molecule has 32 heavy (non-hydrogen) atoms. The Kier molecular flexibility index (Phi) is 6.58. The minimum absolute atomic E-state index is 0.180. The second kappa shape index (κ2) is 9.57. The van der Waals surface area contributed by atoms with Gasteiger partial charge in [-0.1, -0.05) is 55.3 Å². The number of hydrogen-bond acceptors (Lipinski definition) is 5. The number of aromatic nitrogens is 3. The smallest absolute Gasteiger partial charge is 0.233 e. The Morgan fingerprint density at radius 2 is 2.03 bits per heavy atom. The second-order valence-electron chi connectivity index (χ2n) is 8.44. The van der Waals surface area contributed by atoms with E-state index in [9.17, 15) is 4.79 Å². The molecule has 2 aromatic heterocycles. The standard InChI is InChI=1S/C24H27ClN4OS2/c1-2-20-18-12-14-31-21(18)11-13-28(20)22(30)15-32-24-27-26-23(17-9-5-6-10-19(17)25)29(24)16-7-3-4-8-16/h5-6,9-10,12,14,16,20H,2-4,7-8,11,13,15H2,1H3. The first-order chi connectivity index (χ1) is 15.7. The lowest BCUT2D eigenvalue weighted by Crippen LogP contribution is -2.40. The van der Waals surface area contributed by atoms with E-state index in [1.807, 2.05) is 35.6 Å². The zero-order valence-electron chi connectivity index (χ0n) is 18.2. The van der Waals surface area contributed by atoms with Gasteiger partial charge in [-0.15, -0.1) is 21.5 Å². The van der Waals surface area contributed by atoms with Crippen LogP contribution in [0.1, 0.15) is 61.6 Å². The van der Waals surface area contributed by atoms with Crippen LogP contribution < -0.4 is 0 Å². The van der Waals surface area contributed by atoms with Crippen molar-refractivity contribution in [2.45, 2.75) is 62.7 Å². The van der Waals surface area contributed by atoms with Gasteiger partial charge in [0.25, 0.3) is 0 Å². The number of fused-ring (bicyclic) bond motifs is 1. The van der Waals surface area contributed by atoms with E-state index in [2.05, 4.69) is 38.0 Å².